The van der Waals surface area contributed by atoms with Crippen LogP contribution in [0.4, 0.5) is 5.69 Å². The lowest BCUT2D eigenvalue weighted by Crippen LogP contribution is -2.14. The first kappa shape index (κ1) is 19.0. The Morgan fingerprint density at radius 3 is 2.45 bits per heavy atom. The molecule has 4 rings (SSSR count). The van der Waals surface area contributed by atoms with Crippen LogP contribution in [0.3, 0.4) is 0 Å². The standard InChI is InChI=1S/C22H20N4O2S/c1-2-26-21(19-9-6-14-28-19)24-25-22(26)29-15-20(27)23-18-12-10-17(11-13-18)16-7-4-3-5-8-16/h3-14H,2,15H2,1H3,(H,23,27). The van der Waals surface area contributed by atoms with E-state index >= 15 is 0 Å². The number of carbonyl (C=O) groups is 1. The maximum absolute atomic E-state index is 12.4. The molecule has 6 nitrogen and oxygen atoms in total. The second kappa shape index (κ2) is 8.79. The lowest BCUT2D eigenvalue weighted by atomic mass is 10.1. The third kappa shape index (κ3) is 4.41. The molecule has 0 aliphatic carbocycles. The number of nitrogens with zero attached hydrogens (tertiary/aromatic N) is 3. The number of nitrogens with one attached hydrogen (secondary N) is 1. The first-order chi connectivity index (χ1) is 14.2. The molecule has 4 aromatic rings. The Morgan fingerprint density at radius 1 is 1.00 bits per heavy atom. The maximum Gasteiger partial charge on any atom is 0.234 e. The van der Waals surface area contributed by atoms with Gasteiger partial charge in [0.1, 0.15) is 0 Å². The largest absolute Gasteiger partial charge is 0.461 e. The fourth-order valence-corrected chi connectivity index (χ4v) is 3.77. The summed E-state index contributed by atoms with van der Waals surface area (Å²) in [5, 5.41) is 12.0. The summed E-state index contributed by atoms with van der Waals surface area (Å²) in [6, 6.07) is 21.6. The van der Waals surface area contributed by atoms with E-state index in [2.05, 4.69) is 27.6 Å². The maximum atomic E-state index is 12.4. The monoisotopic (exact) mass is 404 g/mol. The number of rotatable bonds is 7. The average Bonchev–Trinajstić information content (AvgIpc) is 3.43. The Bertz CT molecular complexity index is 1070. The second-order valence-electron chi connectivity index (χ2n) is 6.31. The molecule has 0 saturated carbocycles. The van der Waals surface area contributed by atoms with Gasteiger partial charge in [0.2, 0.25) is 5.91 Å². The second-order valence-corrected chi connectivity index (χ2v) is 7.25. The molecule has 0 spiro atoms. The summed E-state index contributed by atoms with van der Waals surface area (Å²) in [6.07, 6.45) is 1.60. The van der Waals surface area contributed by atoms with Crippen LogP contribution in [0.5, 0.6) is 0 Å². The fourth-order valence-electron chi connectivity index (χ4n) is 2.97. The summed E-state index contributed by atoms with van der Waals surface area (Å²) in [5.41, 5.74) is 3.02. The van der Waals surface area contributed by atoms with Gasteiger partial charge >= 0.3 is 0 Å². The molecule has 2 heterocycles. The topological polar surface area (TPSA) is 73.0 Å². The van der Waals surface area contributed by atoms with Gasteiger partial charge in [0, 0.05) is 12.2 Å². The van der Waals surface area contributed by atoms with Crippen LogP contribution in [0.1, 0.15) is 6.92 Å². The first-order valence-corrected chi connectivity index (χ1v) is 10.3. The minimum atomic E-state index is -0.0901. The molecule has 146 valence electrons. The smallest absolute Gasteiger partial charge is 0.234 e. The van der Waals surface area contributed by atoms with E-state index in [9.17, 15) is 4.79 Å². The molecule has 2 aromatic heterocycles. The molecule has 0 radical (unpaired) electrons. The van der Waals surface area contributed by atoms with Gasteiger partial charge in [-0.1, -0.05) is 54.2 Å². The summed E-state index contributed by atoms with van der Waals surface area (Å²) in [5.74, 6) is 1.48. The number of benzene rings is 2. The quantitative estimate of drug-likeness (QED) is 0.441. The molecular formula is C22H20N4O2S. The first-order valence-electron chi connectivity index (χ1n) is 9.30. The van der Waals surface area contributed by atoms with E-state index in [1.165, 1.54) is 11.8 Å². The number of aromatic nitrogens is 3. The van der Waals surface area contributed by atoms with E-state index < -0.39 is 0 Å². The van der Waals surface area contributed by atoms with Crippen molar-refractivity contribution in [3.05, 3.63) is 73.0 Å². The molecule has 0 aliphatic heterocycles. The van der Waals surface area contributed by atoms with E-state index in [1.54, 1.807) is 6.26 Å². The summed E-state index contributed by atoms with van der Waals surface area (Å²) in [6.45, 7) is 2.70. The highest BCUT2D eigenvalue weighted by atomic mass is 32.2. The number of thioether (sulfide) groups is 1. The Morgan fingerprint density at radius 2 is 1.76 bits per heavy atom. The number of furan rings is 1. The molecule has 0 bridgehead atoms. The molecule has 0 aliphatic rings. The van der Waals surface area contributed by atoms with Gasteiger partial charge < -0.3 is 9.73 Å². The van der Waals surface area contributed by atoms with Crippen molar-refractivity contribution in [1.82, 2.24) is 14.8 Å². The number of anilines is 1. The zero-order valence-electron chi connectivity index (χ0n) is 15.9. The Kier molecular flexibility index (Phi) is 5.76. The van der Waals surface area contributed by atoms with Crippen molar-refractivity contribution < 1.29 is 9.21 Å². The van der Waals surface area contributed by atoms with E-state index in [1.807, 2.05) is 66.1 Å². The minimum Gasteiger partial charge on any atom is -0.461 e. The molecule has 7 heteroatoms. The van der Waals surface area contributed by atoms with Gasteiger partial charge in [-0.25, -0.2) is 0 Å². The van der Waals surface area contributed by atoms with Crippen LogP contribution in [-0.4, -0.2) is 26.4 Å². The minimum absolute atomic E-state index is 0.0901. The lowest BCUT2D eigenvalue weighted by Gasteiger charge is -2.08. The summed E-state index contributed by atoms with van der Waals surface area (Å²) < 4.78 is 7.35. The Labute approximate surface area is 173 Å². The molecule has 29 heavy (non-hydrogen) atoms. The molecule has 1 N–H and O–H groups in total. The Hall–Kier alpha value is -3.32. The van der Waals surface area contributed by atoms with Crippen molar-refractivity contribution in [3.8, 4) is 22.7 Å². The molecule has 0 saturated heterocycles. The molecule has 0 fully saturated rings. The van der Waals surface area contributed by atoms with Crippen molar-refractivity contribution in [3.63, 3.8) is 0 Å². The number of hydrogen-bond donors (Lipinski definition) is 1. The average molecular weight is 404 g/mol. The third-order valence-corrected chi connectivity index (χ3v) is 5.35. The van der Waals surface area contributed by atoms with Gasteiger partial charge in [0.15, 0.2) is 16.7 Å². The predicted molar refractivity (Wildman–Crippen MR) is 115 cm³/mol. The highest BCUT2D eigenvalue weighted by Crippen LogP contribution is 2.25. The van der Waals surface area contributed by atoms with Gasteiger partial charge in [-0.15, -0.1) is 10.2 Å². The van der Waals surface area contributed by atoms with Crippen LogP contribution in [0.2, 0.25) is 0 Å². The third-order valence-electron chi connectivity index (χ3n) is 4.38. The number of carbonyl (C=O) groups excluding carboxylic acids is 1. The number of hydrogen-bond acceptors (Lipinski definition) is 5. The molecule has 2 aromatic carbocycles. The Balaban J connectivity index is 1.37. The highest BCUT2D eigenvalue weighted by molar-refractivity contribution is 7.99. The van der Waals surface area contributed by atoms with E-state index in [4.69, 9.17) is 4.42 Å². The summed E-state index contributed by atoms with van der Waals surface area (Å²) in [7, 11) is 0. The SMILES string of the molecule is CCn1c(SCC(=O)Nc2ccc(-c3ccccc3)cc2)nnc1-c1ccco1. The van der Waals surface area contributed by atoms with Crippen LogP contribution in [0, 0.1) is 0 Å². The molecular weight excluding hydrogens is 384 g/mol. The van der Waals surface area contributed by atoms with Crippen LogP contribution < -0.4 is 5.32 Å². The molecule has 1 amide bonds. The van der Waals surface area contributed by atoms with Crippen LogP contribution >= 0.6 is 11.8 Å². The number of amides is 1. The zero-order valence-corrected chi connectivity index (χ0v) is 16.7. The van der Waals surface area contributed by atoms with Crippen LogP contribution in [0.15, 0.2) is 82.6 Å². The van der Waals surface area contributed by atoms with Crippen molar-refractivity contribution in [1.29, 1.82) is 0 Å². The summed E-state index contributed by atoms with van der Waals surface area (Å²) in [4.78, 5) is 12.4. The van der Waals surface area contributed by atoms with Gasteiger partial charge in [0.25, 0.3) is 0 Å². The van der Waals surface area contributed by atoms with Crippen molar-refractivity contribution >= 4 is 23.4 Å². The molecule has 0 atom stereocenters. The van der Waals surface area contributed by atoms with Gasteiger partial charge in [-0.2, -0.15) is 0 Å². The van der Waals surface area contributed by atoms with E-state index in [0.29, 0.717) is 23.3 Å². The van der Waals surface area contributed by atoms with Crippen molar-refractivity contribution in [2.24, 2.45) is 0 Å². The molecule has 0 unspecified atom stereocenters. The lowest BCUT2D eigenvalue weighted by molar-refractivity contribution is -0.113. The van der Waals surface area contributed by atoms with Crippen LogP contribution in [-0.2, 0) is 11.3 Å². The van der Waals surface area contributed by atoms with Crippen molar-refractivity contribution in [2.45, 2.75) is 18.6 Å². The zero-order chi connectivity index (χ0) is 20.1. The van der Waals surface area contributed by atoms with Crippen LogP contribution in [0.25, 0.3) is 22.7 Å². The highest BCUT2D eigenvalue weighted by Gasteiger charge is 2.16. The van der Waals surface area contributed by atoms with E-state index in [-0.39, 0.29) is 11.7 Å². The van der Waals surface area contributed by atoms with Gasteiger partial charge in [-0.3, -0.25) is 9.36 Å². The van der Waals surface area contributed by atoms with Gasteiger partial charge in [-0.05, 0) is 42.3 Å². The fraction of sp³-hybridized carbons (Fsp3) is 0.136. The van der Waals surface area contributed by atoms with Crippen molar-refractivity contribution in [2.75, 3.05) is 11.1 Å². The normalized spacial score (nSPS) is 10.8. The van der Waals surface area contributed by atoms with Gasteiger partial charge in [0.05, 0.1) is 12.0 Å². The predicted octanol–water partition coefficient (Wildman–Crippen LogP) is 4.96. The van der Waals surface area contributed by atoms with E-state index in [0.717, 1.165) is 16.8 Å². The summed E-state index contributed by atoms with van der Waals surface area (Å²) >= 11 is 1.35.